The van der Waals surface area contributed by atoms with Gasteiger partial charge in [0.1, 0.15) is 6.04 Å². The Kier molecular flexibility index (Phi) is 6.49. The number of aryl methyl sites for hydroxylation is 1. The van der Waals surface area contributed by atoms with E-state index in [1.54, 1.807) is 4.90 Å². The molecule has 2 fully saturated rings. The van der Waals surface area contributed by atoms with Crippen LogP contribution in [-0.4, -0.2) is 56.4 Å². The van der Waals surface area contributed by atoms with Crippen molar-refractivity contribution in [1.29, 1.82) is 0 Å². The first-order valence-corrected chi connectivity index (χ1v) is 13.1. The van der Waals surface area contributed by atoms with Gasteiger partial charge in [0.25, 0.3) is 5.91 Å². The minimum Gasteiger partial charge on any atom is -0.322 e. The second kappa shape index (κ2) is 9.47. The highest BCUT2D eigenvalue weighted by atomic mass is 16.2. The molecule has 0 radical (unpaired) electrons. The van der Waals surface area contributed by atoms with E-state index in [4.69, 9.17) is 5.10 Å². The van der Waals surface area contributed by atoms with Crippen LogP contribution >= 0.6 is 0 Å². The average Bonchev–Trinajstić information content (AvgIpc) is 3.31. The smallest absolute Gasteiger partial charge is 0.255 e. The topological polar surface area (TPSA) is 87.5 Å². The van der Waals surface area contributed by atoms with E-state index in [0.717, 1.165) is 50.2 Å². The molecular weight excluding hydrogens is 454 g/mol. The molecular formula is C28H37N5O3. The summed E-state index contributed by atoms with van der Waals surface area (Å²) in [7, 11) is 2.04. The average molecular weight is 492 g/mol. The third kappa shape index (κ3) is 5.09. The van der Waals surface area contributed by atoms with Crippen LogP contribution in [0, 0.1) is 5.41 Å². The molecule has 4 heterocycles. The van der Waals surface area contributed by atoms with Crippen LogP contribution in [0.15, 0.2) is 24.3 Å². The Morgan fingerprint density at radius 2 is 1.81 bits per heavy atom. The number of nitrogens with zero attached hydrogens (tertiary/aromatic N) is 4. The van der Waals surface area contributed by atoms with E-state index in [9.17, 15) is 14.4 Å². The molecule has 0 aliphatic carbocycles. The first-order chi connectivity index (χ1) is 17.1. The minimum atomic E-state index is -0.565. The molecule has 0 saturated carbocycles. The van der Waals surface area contributed by atoms with Gasteiger partial charge < -0.3 is 4.90 Å². The van der Waals surface area contributed by atoms with Gasteiger partial charge in [0.2, 0.25) is 11.8 Å². The number of nitrogens with one attached hydrogen (secondary N) is 1. The zero-order chi connectivity index (χ0) is 25.6. The number of fused-ring (bicyclic) bond motifs is 1. The fourth-order valence-corrected chi connectivity index (χ4v) is 5.85. The van der Waals surface area contributed by atoms with Gasteiger partial charge in [-0.15, -0.1) is 0 Å². The molecule has 192 valence electrons. The maximum absolute atomic E-state index is 13.0. The molecule has 0 spiro atoms. The fourth-order valence-electron chi connectivity index (χ4n) is 5.85. The summed E-state index contributed by atoms with van der Waals surface area (Å²) in [4.78, 5) is 40.9. The molecule has 0 bridgehead atoms. The summed E-state index contributed by atoms with van der Waals surface area (Å²) in [6, 6.07) is 7.87. The number of hydrogen-bond acceptors (Lipinski definition) is 5. The molecule has 3 aliphatic heterocycles. The quantitative estimate of drug-likeness (QED) is 0.650. The number of imide groups is 1. The monoisotopic (exact) mass is 491 g/mol. The van der Waals surface area contributed by atoms with Crippen molar-refractivity contribution < 1.29 is 14.4 Å². The van der Waals surface area contributed by atoms with E-state index < -0.39 is 6.04 Å². The van der Waals surface area contributed by atoms with Gasteiger partial charge in [-0.05, 0) is 73.4 Å². The van der Waals surface area contributed by atoms with E-state index >= 15 is 0 Å². The second-order valence-electron chi connectivity index (χ2n) is 11.9. The first kappa shape index (κ1) is 24.7. The van der Waals surface area contributed by atoms with Gasteiger partial charge >= 0.3 is 0 Å². The summed E-state index contributed by atoms with van der Waals surface area (Å²) >= 11 is 0. The highest BCUT2D eigenvalue weighted by molar-refractivity contribution is 6.05. The number of carbonyl (C=O) groups excluding carboxylic acids is 3. The van der Waals surface area contributed by atoms with E-state index in [2.05, 4.69) is 49.2 Å². The lowest BCUT2D eigenvalue weighted by molar-refractivity contribution is -0.136. The van der Waals surface area contributed by atoms with Crippen LogP contribution in [0.2, 0.25) is 0 Å². The summed E-state index contributed by atoms with van der Waals surface area (Å²) in [5.74, 6) is -0.265. The van der Waals surface area contributed by atoms with Gasteiger partial charge in [-0.1, -0.05) is 32.9 Å². The molecule has 2 saturated heterocycles. The number of rotatable bonds is 5. The maximum Gasteiger partial charge on any atom is 0.255 e. The Labute approximate surface area is 213 Å². The van der Waals surface area contributed by atoms with Crippen molar-refractivity contribution in [3.05, 3.63) is 52.3 Å². The number of likely N-dealkylation sites (tertiary alicyclic amines) is 1. The van der Waals surface area contributed by atoms with Crippen molar-refractivity contribution in [1.82, 2.24) is 24.9 Å². The first-order valence-electron chi connectivity index (χ1n) is 13.1. The lowest BCUT2D eigenvalue weighted by Crippen LogP contribution is -2.52. The number of amides is 3. The molecule has 36 heavy (non-hydrogen) atoms. The van der Waals surface area contributed by atoms with Crippen LogP contribution in [-0.2, 0) is 36.1 Å². The summed E-state index contributed by atoms with van der Waals surface area (Å²) in [6.45, 7) is 10.1. The number of hydrogen-bond donors (Lipinski definition) is 1. The minimum absolute atomic E-state index is 0.108. The number of benzene rings is 1. The summed E-state index contributed by atoms with van der Waals surface area (Å²) in [5.41, 5.74) is 5.60. The largest absolute Gasteiger partial charge is 0.322 e. The van der Waals surface area contributed by atoms with Crippen LogP contribution in [0.25, 0.3) is 0 Å². The fraction of sp³-hybridized carbons (Fsp3) is 0.571. The van der Waals surface area contributed by atoms with Gasteiger partial charge in [-0.3, -0.25) is 29.3 Å². The van der Waals surface area contributed by atoms with E-state index in [1.165, 1.54) is 11.3 Å². The van der Waals surface area contributed by atoms with Crippen molar-refractivity contribution in [2.75, 3.05) is 13.1 Å². The summed E-state index contributed by atoms with van der Waals surface area (Å²) in [5, 5.41) is 7.10. The van der Waals surface area contributed by atoms with Crippen molar-refractivity contribution in [3.63, 3.8) is 0 Å². The zero-order valence-electron chi connectivity index (χ0n) is 21.8. The zero-order valence-corrected chi connectivity index (χ0v) is 21.8. The molecule has 3 aliphatic rings. The molecule has 1 aromatic carbocycles. The van der Waals surface area contributed by atoms with E-state index in [0.29, 0.717) is 24.4 Å². The molecule has 2 aromatic rings. The van der Waals surface area contributed by atoms with E-state index in [1.807, 2.05) is 17.8 Å². The number of piperidine rings is 2. The molecule has 3 amide bonds. The highest BCUT2D eigenvalue weighted by Gasteiger charge is 2.39. The number of aromatic nitrogens is 2. The third-order valence-corrected chi connectivity index (χ3v) is 7.73. The van der Waals surface area contributed by atoms with Crippen molar-refractivity contribution in [2.24, 2.45) is 12.5 Å². The molecule has 8 nitrogen and oxygen atoms in total. The Bertz CT molecular complexity index is 1190. The molecule has 1 atom stereocenters. The molecule has 1 unspecified atom stereocenters. The second-order valence-corrected chi connectivity index (χ2v) is 11.9. The Balaban J connectivity index is 1.19. The standard InChI is InChI=1S/C28H37N5O3/c1-28(2,3)15-21-14-22(31(4)30-21)17-32-11-9-18(10-12-32)19-5-6-23-20(13-19)16-33(27(23)36)24-7-8-25(34)29-26(24)35/h5-6,13-14,18,24H,7-12,15-17H2,1-4H3,(H,29,34,35). The maximum atomic E-state index is 13.0. The van der Waals surface area contributed by atoms with Crippen LogP contribution in [0.5, 0.6) is 0 Å². The molecule has 1 aromatic heterocycles. The van der Waals surface area contributed by atoms with Crippen molar-refractivity contribution >= 4 is 17.7 Å². The van der Waals surface area contributed by atoms with Gasteiger partial charge in [0.05, 0.1) is 11.4 Å². The predicted molar refractivity (Wildman–Crippen MR) is 136 cm³/mol. The van der Waals surface area contributed by atoms with Crippen LogP contribution in [0.1, 0.15) is 85.2 Å². The molecule has 5 rings (SSSR count). The Morgan fingerprint density at radius 1 is 1.06 bits per heavy atom. The summed E-state index contributed by atoms with van der Waals surface area (Å²) < 4.78 is 2.03. The molecule has 8 heteroatoms. The van der Waals surface area contributed by atoms with Gasteiger partial charge in [-0.2, -0.15) is 5.10 Å². The van der Waals surface area contributed by atoms with Gasteiger partial charge in [-0.25, -0.2) is 0 Å². The number of carbonyl (C=O) groups is 3. The lowest BCUT2D eigenvalue weighted by Gasteiger charge is -2.32. The third-order valence-electron chi connectivity index (χ3n) is 7.73. The van der Waals surface area contributed by atoms with Crippen LogP contribution < -0.4 is 5.32 Å². The highest BCUT2D eigenvalue weighted by Crippen LogP contribution is 2.34. The van der Waals surface area contributed by atoms with Crippen LogP contribution in [0.4, 0.5) is 0 Å². The van der Waals surface area contributed by atoms with Crippen LogP contribution in [0.3, 0.4) is 0 Å². The predicted octanol–water partition coefficient (Wildman–Crippen LogP) is 3.15. The molecule has 1 N–H and O–H groups in total. The van der Waals surface area contributed by atoms with E-state index in [-0.39, 0.29) is 29.6 Å². The SMILES string of the molecule is Cn1nc(CC(C)(C)C)cc1CN1CCC(c2ccc3c(c2)CN(C2CCC(=O)NC2=O)C3=O)CC1. The summed E-state index contributed by atoms with van der Waals surface area (Å²) in [6.07, 6.45) is 3.80. The Morgan fingerprint density at radius 3 is 2.50 bits per heavy atom. The van der Waals surface area contributed by atoms with Crippen molar-refractivity contribution in [3.8, 4) is 0 Å². The van der Waals surface area contributed by atoms with Gasteiger partial charge in [0.15, 0.2) is 0 Å². The Hall–Kier alpha value is -3.00. The van der Waals surface area contributed by atoms with Crippen molar-refractivity contribution in [2.45, 2.75) is 77.9 Å². The normalized spacial score (nSPS) is 21.7. The lowest BCUT2D eigenvalue weighted by atomic mass is 9.88. The van der Waals surface area contributed by atoms with Gasteiger partial charge in [0, 0.05) is 32.1 Å².